The summed E-state index contributed by atoms with van der Waals surface area (Å²) in [5, 5.41) is 0.816. The van der Waals surface area contributed by atoms with Crippen LogP contribution in [0.4, 0.5) is 0 Å². The van der Waals surface area contributed by atoms with Gasteiger partial charge in [-0.3, -0.25) is 0 Å². The Balaban J connectivity index is 1.73. The minimum Gasteiger partial charge on any atom is -0.489 e. The van der Waals surface area contributed by atoms with Crippen LogP contribution in [0.15, 0.2) is 22.7 Å². The van der Waals surface area contributed by atoms with Crippen molar-refractivity contribution >= 4 is 31.9 Å². The fourth-order valence-corrected chi connectivity index (χ4v) is 4.53. The van der Waals surface area contributed by atoms with Crippen molar-refractivity contribution < 1.29 is 9.47 Å². The first-order valence-corrected chi connectivity index (χ1v) is 9.78. The highest BCUT2D eigenvalue weighted by Crippen LogP contribution is 2.41. The molecule has 0 radical (unpaired) electrons. The molecule has 1 aliphatic carbocycles. The molecule has 0 N–H and O–H groups in total. The topological polar surface area (TPSA) is 18.5 Å². The van der Waals surface area contributed by atoms with Crippen LogP contribution in [0.1, 0.15) is 50.5 Å². The highest BCUT2D eigenvalue weighted by atomic mass is 79.9. The molecule has 2 nitrogen and oxygen atoms in total. The van der Waals surface area contributed by atoms with Crippen LogP contribution >= 0.6 is 31.9 Å². The van der Waals surface area contributed by atoms with Gasteiger partial charge in [-0.25, -0.2) is 0 Å². The van der Waals surface area contributed by atoms with E-state index in [-0.39, 0.29) is 11.7 Å². The maximum absolute atomic E-state index is 6.38. The zero-order valence-electron chi connectivity index (χ0n) is 12.2. The number of para-hydroxylation sites is 1. The summed E-state index contributed by atoms with van der Waals surface area (Å²) in [4.78, 5) is 0. The fraction of sp³-hybridized carbons (Fsp3) is 0.647. The summed E-state index contributed by atoms with van der Waals surface area (Å²) in [5.41, 5.74) is 1.30. The molecule has 1 aromatic rings. The molecule has 1 saturated carbocycles. The first kappa shape index (κ1) is 15.8. The summed E-state index contributed by atoms with van der Waals surface area (Å²) in [6.45, 7) is 0.832. The third kappa shape index (κ3) is 3.65. The molecule has 1 aromatic carbocycles. The second-order valence-electron chi connectivity index (χ2n) is 6.19. The van der Waals surface area contributed by atoms with Gasteiger partial charge in [-0.2, -0.15) is 0 Å². The second kappa shape index (κ2) is 7.01. The van der Waals surface area contributed by atoms with E-state index in [0.717, 1.165) is 35.0 Å². The average Bonchev–Trinajstić information content (AvgIpc) is 2.50. The van der Waals surface area contributed by atoms with Gasteiger partial charge in [0.15, 0.2) is 0 Å². The number of alkyl halides is 1. The molecule has 0 amide bonds. The molecule has 1 heterocycles. The number of hydrogen-bond donors (Lipinski definition) is 0. The molecule has 2 aliphatic rings. The predicted octanol–water partition coefficient (Wildman–Crippen LogP) is 5.60. The summed E-state index contributed by atoms with van der Waals surface area (Å²) in [6.07, 6.45) is 8.66. The van der Waals surface area contributed by atoms with Crippen LogP contribution in [-0.2, 0) is 10.1 Å². The van der Waals surface area contributed by atoms with Crippen LogP contribution in [0.25, 0.3) is 0 Å². The van der Waals surface area contributed by atoms with E-state index in [1.54, 1.807) is 0 Å². The van der Waals surface area contributed by atoms with E-state index in [4.69, 9.17) is 9.47 Å². The number of hydrogen-bond acceptors (Lipinski definition) is 2. The molecule has 4 heteroatoms. The molecule has 116 valence electrons. The Kier molecular flexibility index (Phi) is 5.28. The maximum Gasteiger partial charge on any atom is 0.137 e. The molecule has 1 aliphatic heterocycles. The normalized spacial score (nSPS) is 25.0. The molecular weight excluding hydrogens is 396 g/mol. The highest BCUT2D eigenvalue weighted by molar-refractivity contribution is 9.10. The molecule has 21 heavy (non-hydrogen) atoms. The van der Waals surface area contributed by atoms with Crippen molar-refractivity contribution in [1.29, 1.82) is 0 Å². The number of rotatable bonds is 3. The van der Waals surface area contributed by atoms with Crippen molar-refractivity contribution in [3.8, 4) is 5.75 Å². The standard InChI is InChI=1S/C17H22Br2O2/c18-12-13-5-4-6-15(19)16(13)21-14-7-10-20-17(11-14)8-2-1-3-9-17/h4-6,14H,1-3,7-12H2. The first-order valence-electron chi connectivity index (χ1n) is 7.86. The quantitative estimate of drug-likeness (QED) is 0.595. The van der Waals surface area contributed by atoms with E-state index >= 15 is 0 Å². The van der Waals surface area contributed by atoms with Crippen molar-refractivity contribution in [3.63, 3.8) is 0 Å². The van der Waals surface area contributed by atoms with E-state index in [0.29, 0.717) is 0 Å². The third-order valence-corrected chi connectivity index (χ3v) is 5.92. The SMILES string of the molecule is BrCc1cccc(Br)c1OC1CCOC2(CCCCC2)C1. The zero-order valence-corrected chi connectivity index (χ0v) is 15.4. The van der Waals surface area contributed by atoms with Gasteiger partial charge in [-0.1, -0.05) is 47.3 Å². The van der Waals surface area contributed by atoms with E-state index in [1.807, 2.05) is 0 Å². The summed E-state index contributed by atoms with van der Waals surface area (Å²) >= 11 is 7.18. The third-order valence-electron chi connectivity index (χ3n) is 4.69. The number of ether oxygens (including phenoxy) is 2. The van der Waals surface area contributed by atoms with Crippen LogP contribution in [0.2, 0.25) is 0 Å². The molecular formula is C17H22Br2O2. The molecule has 0 aromatic heterocycles. The predicted molar refractivity (Wildman–Crippen MR) is 92.2 cm³/mol. The van der Waals surface area contributed by atoms with E-state index in [2.05, 4.69) is 50.1 Å². The Morgan fingerprint density at radius 2 is 2.05 bits per heavy atom. The Morgan fingerprint density at radius 3 is 2.81 bits per heavy atom. The lowest BCUT2D eigenvalue weighted by Gasteiger charge is -2.43. The van der Waals surface area contributed by atoms with E-state index in [1.165, 1.54) is 37.7 Å². The maximum atomic E-state index is 6.38. The Bertz CT molecular complexity index is 478. The average molecular weight is 418 g/mol. The summed E-state index contributed by atoms with van der Waals surface area (Å²) in [6, 6.07) is 6.22. The molecule has 1 unspecified atom stereocenters. The summed E-state index contributed by atoms with van der Waals surface area (Å²) in [7, 11) is 0. The summed E-state index contributed by atoms with van der Waals surface area (Å²) < 4.78 is 13.6. The lowest BCUT2D eigenvalue weighted by Crippen LogP contribution is -2.45. The Morgan fingerprint density at radius 1 is 1.24 bits per heavy atom. The lowest BCUT2D eigenvalue weighted by atomic mass is 9.79. The monoisotopic (exact) mass is 416 g/mol. The zero-order chi connectivity index (χ0) is 14.7. The minimum absolute atomic E-state index is 0.0942. The van der Waals surface area contributed by atoms with Gasteiger partial charge in [0.25, 0.3) is 0 Å². The molecule has 0 bridgehead atoms. The smallest absolute Gasteiger partial charge is 0.137 e. The largest absolute Gasteiger partial charge is 0.489 e. The van der Waals surface area contributed by atoms with Crippen molar-refractivity contribution in [2.24, 2.45) is 0 Å². The second-order valence-corrected chi connectivity index (χ2v) is 7.60. The minimum atomic E-state index is 0.0942. The molecule has 1 saturated heterocycles. The van der Waals surface area contributed by atoms with Crippen molar-refractivity contribution in [2.75, 3.05) is 6.61 Å². The molecule has 1 atom stereocenters. The van der Waals surface area contributed by atoms with Crippen LogP contribution < -0.4 is 4.74 Å². The fourth-order valence-electron chi connectivity index (χ4n) is 3.59. The Hall–Kier alpha value is -0.0600. The van der Waals surface area contributed by atoms with Gasteiger partial charge >= 0.3 is 0 Å². The lowest BCUT2D eigenvalue weighted by molar-refractivity contribution is -0.129. The molecule has 1 spiro atoms. The molecule has 3 rings (SSSR count). The van der Waals surface area contributed by atoms with Crippen LogP contribution in [0, 0.1) is 0 Å². The number of benzene rings is 1. The molecule has 2 fully saturated rings. The van der Waals surface area contributed by atoms with Crippen LogP contribution in [0.5, 0.6) is 5.75 Å². The van der Waals surface area contributed by atoms with Gasteiger partial charge in [-0.05, 0) is 34.8 Å². The van der Waals surface area contributed by atoms with E-state index in [9.17, 15) is 0 Å². The van der Waals surface area contributed by atoms with Crippen molar-refractivity contribution in [2.45, 2.75) is 62.0 Å². The van der Waals surface area contributed by atoms with Gasteiger partial charge in [-0.15, -0.1) is 0 Å². The van der Waals surface area contributed by atoms with Crippen LogP contribution in [-0.4, -0.2) is 18.3 Å². The number of halogens is 2. The van der Waals surface area contributed by atoms with Crippen molar-refractivity contribution in [1.82, 2.24) is 0 Å². The van der Waals surface area contributed by atoms with Gasteiger partial charge in [0.05, 0.1) is 16.7 Å². The summed E-state index contributed by atoms with van der Waals surface area (Å²) in [5.74, 6) is 0.993. The highest BCUT2D eigenvalue weighted by Gasteiger charge is 2.39. The van der Waals surface area contributed by atoms with Gasteiger partial charge in [0.1, 0.15) is 11.9 Å². The Labute approximate surface area is 143 Å². The van der Waals surface area contributed by atoms with E-state index < -0.39 is 0 Å². The van der Waals surface area contributed by atoms with Gasteiger partial charge in [0.2, 0.25) is 0 Å². The van der Waals surface area contributed by atoms with Gasteiger partial charge < -0.3 is 9.47 Å². The van der Waals surface area contributed by atoms with Gasteiger partial charge in [0, 0.05) is 23.7 Å². The van der Waals surface area contributed by atoms with Crippen LogP contribution in [0.3, 0.4) is 0 Å². The van der Waals surface area contributed by atoms with Crippen molar-refractivity contribution in [3.05, 3.63) is 28.2 Å². The first-order chi connectivity index (χ1) is 10.2.